The zero-order valence-electron chi connectivity index (χ0n) is 10.5. The van der Waals surface area contributed by atoms with E-state index in [-0.39, 0.29) is 10.8 Å². The maximum Gasteiger partial charge on any atom is 0.241 e. The summed E-state index contributed by atoms with van der Waals surface area (Å²) in [4.78, 5) is 0.00458. The lowest BCUT2D eigenvalue weighted by Gasteiger charge is -2.16. The highest BCUT2D eigenvalue weighted by Crippen LogP contribution is 2.18. The number of nitrogens with one attached hydrogen (secondary N) is 1. The van der Waals surface area contributed by atoms with Gasteiger partial charge in [0.05, 0.1) is 10.9 Å². The molecule has 3 nitrogen and oxygen atoms in total. The van der Waals surface area contributed by atoms with Crippen LogP contribution < -0.4 is 4.72 Å². The summed E-state index contributed by atoms with van der Waals surface area (Å²) in [5.41, 5.74) is 0.771. The van der Waals surface area contributed by atoms with Crippen LogP contribution in [0.1, 0.15) is 11.6 Å². The van der Waals surface area contributed by atoms with Crippen LogP contribution in [0.4, 0.5) is 4.39 Å². The largest absolute Gasteiger partial charge is 0.241 e. The zero-order valence-corrected chi connectivity index (χ0v) is 12.0. The van der Waals surface area contributed by atoms with Crippen LogP contribution in [0.3, 0.4) is 0 Å². The van der Waals surface area contributed by atoms with Gasteiger partial charge in [-0.05, 0) is 29.8 Å². The van der Waals surface area contributed by atoms with Crippen LogP contribution in [-0.4, -0.2) is 14.3 Å². The molecule has 1 atom stereocenters. The van der Waals surface area contributed by atoms with E-state index in [4.69, 9.17) is 11.6 Å². The van der Waals surface area contributed by atoms with E-state index in [2.05, 4.69) is 4.72 Å². The molecular formula is C14H13ClFNO2S. The predicted molar refractivity (Wildman–Crippen MR) is 76.6 cm³/mol. The van der Waals surface area contributed by atoms with Crippen molar-refractivity contribution in [2.75, 3.05) is 5.88 Å². The lowest BCUT2D eigenvalue weighted by atomic mass is 10.1. The topological polar surface area (TPSA) is 46.2 Å². The summed E-state index contributed by atoms with van der Waals surface area (Å²) in [5.74, 6) is -0.384. The maximum absolute atomic E-state index is 12.8. The van der Waals surface area contributed by atoms with E-state index in [0.29, 0.717) is 0 Å². The first kappa shape index (κ1) is 15.0. The zero-order chi connectivity index (χ0) is 14.6. The van der Waals surface area contributed by atoms with Crippen LogP contribution in [-0.2, 0) is 10.0 Å². The van der Waals surface area contributed by atoms with Crippen molar-refractivity contribution in [3.63, 3.8) is 0 Å². The van der Waals surface area contributed by atoms with Gasteiger partial charge in [0, 0.05) is 5.88 Å². The molecule has 0 aliphatic rings. The van der Waals surface area contributed by atoms with Crippen LogP contribution in [0.15, 0.2) is 59.5 Å². The molecule has 6 heteroatoms. The standard InChI is InChI=1S/C14H13ClFNO2S/c15-10-14(11-4-2-1-3-5-11)17-20(18,19)13-8-6-12(16)7-9-13/h1-9,14,17H,10H2. The Morgan fingerprint density at radius 2 is 1.65 bits per heavy atom. The van der Waals surface area contributed by atoms with Gasteiger partial charge in [0.25, 0.3) is 0 Å². The van der Waals surface area contributed by atoms with Gasteiger partial charge in [0.15, 0.2) is 0 Å². The van der Waals surface area contributed by atoms with Crippen LogP contribution in [0, 0.1) is 5.82 Å². The third-order valence-electron chi connectivity index (χ3n) is 2.78. The van der Waals surface area contributed by atoms with Crippen LogP contribution in [0.25, 0.3) is 0 Å². The molecule has 1 N–H and O–H groups in total. The molecule has 2 rings (SSSR count). The molecular weight excluding hydrogens is 301 g/mol. The molecule has 0 aromatic heterocycles. The predicted octanol–water partition coefficient (Wildman–Crippen LogP) is 3.08. The van der Waals surface area contributed by atoms with Gasteiger partial charge in [0.1, 0.15) is 5.82 Å². The lowest BCUT2D eigenvalue weighted by Crippen LogP contribution is -2.29. The molecule has 0 saturated carbocycles. The van der Waals surface area contributed by atoms with Gasteiger partial charge in [-0.1, -0.05) is 30.3 Å². The van der Waals surface area contributed by atoms with Crippen molar-refractivity contribution in [1.29, 1.82) is 0 Å². The average Bonchev–Trinajstić information content (AvgIpc) is 2.46. The average molecular weight is 314 g/mol. The Morgan fingerprint density at radius 3 is 2.20 bits per heavy atom. The van der Waals surface area contributed by atoms with Gasteiger partial charge in [-0.2, -0.15) is 0 Å². The minimum Gasteiger partial charge on any atom is -0.207 e. The monoisotopic (exact) mass is 313 g/mol. The number of alkyl halides is 1. The van der Waals surface area contributed by atoms with Crippen molar-refractivity contribution in [1.82, 2.24) is 4.72 Å². The van der Waals surface area contributed by atoms with Crippen molar-refractivity contribution >= 4 is 21.6 Å². The van der Waals surface area contributed by atoms with E-state index < -0.39 is 21.9 Å². The third-order valence-corrected chi connectivity index (χ3v) is 4.57. The van der Waals surface area contributed by atoms with Crippen molar-refractivity contribution in [3.8, 4) is 0 Å². The van der Waals surface area contributed by atoms with E-state index >= 15 is 0 Å². The van der Waals surface area contributed by atoms with Gasteiger partial charge >= 0.3 is 0 Å². The fourth-order valence-electron chi connectivity index (χ4n) is 1.74. The highest BCUT2D eigenvalue weighted by molar-refractivity contribution is 7.89. The quantitative estimate of drug-likeness (QED) is 0.862. The van der Waals surface area contributed by atoms with E-state index in [1.54, 1.807) is 24.3 Å². The second-order valence-electron chi connectivity index (χ2n) is 4.19. The molecule has 2 aromatic rings. The maximum atomic E-state index is 12.8. The van der Waals surface area contributed by atoms with Crippen LogP contribution >= 0.6 is 11.6 Å². The molecule has 0 heterocycles. The summed E-state index contributed by atoms with van der Waals surface area (Å²) in [6.07, 6.45) is 0. The first-order valence-corrected chi connectivity index (χ1v) is 7.93. The number of benzene rings is 2. The second kappa shape index (κ2) is 6.35. The van der Waals surface area contributed by atoms with Gasteiger partial charge in [-0.3, -0.25) is 0 Å². The molecule has 1 unspecified atom stereocenters. The Labute approximate surface area is 122 Å². The SMILES string of the molecule is O=S(=O)(NC(CCl)c1ccccc1)c1ccc(F)cc1. The fraction of sp³-hybridized carbons (Fsp3) is 0.143. The van der Waals surface area contributed by atoms with Gasteiger partial charge in [0.2, 0.25) is 10.0 Å². The van der Waals surface area contributed by atoms with E-state index in [0.717, 1.165) is 17.7 Å². The third kappa shape index (κ3) is 3.56. The van der Waals surface area contributed by atoms with E-state index in [1.807, 2.05) is 6.07 Å². The van der Waals surface area contributed by atoms with Crippen LogP contribution in [0.5, 0.6) is 0 Å². The first-order valence-electron chi connectivity index (χ1n) is 5.92. The number of rotatable bonds is 5. The smallest absolute Gasteiger partial charge is 0.207 e. The summed E-state index contributed by atoms with van der Waals surface area (Å²) < 4.78 is 39.7. The molecule has 0 aliphatic carbocycles. The summed E-state index contributed by atoms with van der Waals surface area (Å²) in [7, 11) is -3.74. The molecule has 0 amide bonds. The normalized spacial score (nSPS) is 13.1. The molecule has 0 fully saturated rings. The van der Waals surface area contributed by atoms with Crippen molar-refractivity contribution in [2.45, 2.75) is 10.9 Å². The van der Waals surface area contributed by atoms with Crippen molar-refractivity contribution in [3.05, 3.63) is 66.0 Å². The molecule has 20 heavy (non-hydrogen) atoms. The second-order valence-corrected chi connectivity index (χ2v) is 6.22. The van der Waals surface area contributed by atoms with Gasteiger partial charge in [-0.25, -0.2) is 17.5 Å². The Hall–Kier alpha value is -1.43. The summed E-state index contributed by atoms with van der Waals surface area (Å²) >= 11 is 5.83. The minimum atomic E-state index is -3.74. The Kier molecular flexibility index (Phi) is 4.75. The molecule has 0 radical (unpaired) electrons. The van der Waals surface area contributed by atoms with Gasteiger partial charge in [-0.15, -0.1) is 11.6 Å². The summed E-state index contributed by atoms with van der Waals surface area (Å²) in [6.45, 7) is 0. The molecule has 2 aromatic carbocycles. The number of halogens is 2. The Morgan fingerprint density at radius 1 is 1.05 bits per heavy atom. The van der Waals surface area contributed by atoms with E-state index in [9.17, 15) is 12.8 Å². The van der Waals surface area contributed by atoms with Crippen molar-refractivity contribution < 1.29 is 12.8 Å². The molecule has 0 saturated heterocycles. The van der Waals surface area contributed by atoms with E-state index in [1.165, 1.54) is 12.1 Å². The fourth-order valence-corrected chi connectivity index (χ4v) is 3.31. The van der Waals surface area contributed by atoms with Crippen LogP contribution in [0.2, 0.25) is 0 Å². The number of sulfonamides is 1. The number of hydrogen-bond donors (Lipinski definition) is 1. The molecule has 0 aliphatic heterocycles. The molecule has 0 spiro atoms. The van der Waals surface area contributed by atoms with Gasteiger partial charge < -0.3 is 0 Å². The highest BCUT2D eigenvalue weighted by atomic mass is 35.5. The summed E-state index contributed by atoms with van der Waals surface area (Å²) in [6, 6.07) is 13.1. The minimum absolute atomic E-state index is 0.00458. The Bertz CT molecular complexity index is 659. The first-order chi connectivity index (χ1) is 9.53. The number of hydrogen-bond acceptors (Lipinski definition) is 2. The molecule has 106 valence electrons. The lowest BCUT2D eigenvalue weighted by molar-refractivity contribution is 0.567. The summed E-state index contributed by atoms with van der Waals surface area (Å²) in [5, 5.41) is 0. The Balaban J connectivity index is 2.24. The van der Waals surface area contributed by atoms with Crippen molar-refractivity contribution in [2.24, 2.45) is 0 Å². The molecule has 0 bridgehead atoms. The highest BCUT2D eigenvalue weighted by Gasteiger charge is 2.20.